The zero-order valence-electron chi connectivity index (χ0n) is 22.2. The van der Waals surface area contributed by atoms with E-state index in [1.807, 2.05) is 71.6 Å². The number of aliphatic hydroxyl groups is 1. The van der Waals surface area contributed by atoms with Gasteiger partial charge >= 0.3 is 12.1 Å². The second-order valence-electron chi connectivity index (χ2n) is 10.5. The number of fused-ring (bicyclic) bond motifs is 3. The number of alkyl carbamates (subject to hydrolysis) is 1. The Hall–Kier alpha value is -4.21. The number of hydrogen-bond donors (Lipinski definition) is 4. The van der Waals surface area contributed by atoms with Crippen LogP contribution in [0.1, 0.15) is 36.0 Å². The highest BCUT2D eigenvalue weighted by Crippen LogP contribution is 2.44. The molecule has 1 heterocycles. The van der Waals surface area contributed by atoms with Gasteiger partial charge in [-0.2, -0.15) is 0 Å². The topological polar surface area (TPSA) is 128 Å². The molecule has 9 nitrogen and oxygen atoms in total. The lowest BCUT2D eigenvalue weighted by Gasteiger charge is -2.31. The highest BCUT2D eigenvalue weighted by Gasteiger charge is 2.48. The minimum atomic E-state index is -1.52. The normalized spacial score (nSPS) is 19.8. The third-order valence-electron chi connectivity index (χ3n) is 7.75. The third-order valence-corrected chi connectivity index (χ3v) is 7.75. The number of carboxylic acids is 1. The van der Waals surface area contributed by atoms with E-state index in [9.17, 15) is 24.6 Å². The van der Waals surface area contributed by atoms with Crippen molar-refractivity contribution in [3.05, 3.63) is 95.6 Å². The summed E-state index contributed by atoms with van der Waals surface area (Å²) in [6.45, 7) is 2.58. The van der Waals surface area contributed by atoms with Crippen molar-refractivity contribution in [2.75, 3.05) is 19.7 Å². The SMILES string of the molecule is CC(O)C(NC(=O)C1(NC(=O)OCC2c3ccccc3-c3ccccc32)CCN(Cc2ccccc2)C1)C(=O)O. The van der Waals surface area contributed by atoms with Crippen LogP contribution in [0.5, 0.6) is 0 Å². The van der Waals surface area contributed by atoms with Gasteiger partial charge in [-0.1, -0.05) is 78.9 Å². The molecule has 0 bridgehead atoms. The van der Waals surface area contributed by atoms with Gasteiger partial charge in [0.15, 0.2) is 6.04 Å². The number of hydrogen-bond acceptors (Lipinski definition) is 6. The number of nitrogens with one attached hydrogen (secondary N) is 2. The van der Waals surface area contributed by atoms with Crippen molar-refractivity contribution < 1.29 is 29.3 Å². The monoisotopic (exact) mass is 543 g/mol. The third kappa shape index (κ3) is 5.57. The molecule has 2 amide bonds. The van der Waals surface area contributed by atoms with Crippen molar-refractivity contribution in [3.8, 4) is 11.1 Å². The van der Waals surface area contributed by atoms with Gasteiger partial charge in [-0.05, 0) is 41.2 Å². The van der Waals surface area contributed by atoms with Gasteiger partial charge in [0.05, 0.1) is 6.10 Å². The molecular formula is C31H33N3O6. The molecule has 208 valence electrons. The Balaban J connectivity index is 1.32. The number of amides is 2. The summed E-state index contributed by atoms with van der Waals surface area (Å²) in [5.41, 5.74) is 3.97. The predicted octanol–water partition coefficient (Wildman–Crippen LogP) is 3.12. The lowest BCUT2D eigenvalue weighted by Crippen LogP contribution is -2.63. The van der Waals surface area contributed by atoms with E-state index in [1.54, 1.807) is 0 Å². The van der Waals surface area contributed by atoms with E-state index in [4.69, 9.17) is 4.74 Å². The Morgan fingerprint density at radius 2 is 1.57 bits per heavy atom. The molecule has 3 unspecified atom stereocenters. The Morgan fingerprint density at radius 3 is 2.17 bits per heavy atom. The summed E-state index contributed by atoms with van der Waals surface area (Å²) in [5.74, 6) is -2.18. The summed E-state index contributed by atoms with van der Waals surface area (Å²) < 4.78 is 5.72. The fourth-order valence-electron chi connectivity index (χ4n) is 5.71. The van der Waals surface area contributed by atoms with E-state index in [0.29, 0.717) is 13.1 Å². The maximum Gasteiger partial charge on any atom is 0.408 e. The maximum atomic E-state index is 13.5. The number of rotatable bonds is 9. The number of carbonyl (C=O) groups is 3. The van der Waals surface area contributed by atoms with Gasteiger partial charge in [-0.15, -0.1) is 0 Å². The minimum Gasteiger partial charge on any atom is -0.480 e. The number of aliphatic hydroxyl groups excluding tert-OH is 1. The van der Waals surface area contributed by atoms with Crippen LogP contribution in [-0.4, -0.2) is 70.5 Å². The molecule has 9 heteroatoms. The highest BCUT2D eigenvalue weighted by atomic mass is 16.5. The molecule has 1 saturated heterocycles. The van der Waals surface area contributed by atoms with E-state index >= 15 is 0 Å². The second-order valence-corrected chi connectivity index (χ2v) is 10.5. The maximum absolute atomic E-state index is 13.5. The Labute approximate surface area is 232 Å². The molecule has 3 aromatic rings. The zero-order valence-corrected chi connectivity index (χ0v) is 22.2. The standard InChI is InChI=1S/C31H33N3O6/c1-20(35)27(28(36)37)32-29(38)31(15-16-34(19-31)17-21-9-3-2-4-10-21)33-30(39)40-18-26-24-13-7-5-11-22(24)23-12-6-8-14-25(23)26/h2-14,20,26-27,35H,15-19H2,1H3,(H,32,38)(H,33,39)(H,36,37). The van der Waals surface area contributed by atoms with Gasteiger partial charge in [-0.25, -0.2) is 9.59 Å². The molecule has 3 atom stereocenters. The van der Waals surface area contributed by atoms with Crippen LogP contribution >= 0.6 is 0 Å². The fraction of sp³-hybridized carbons (Fsp3) is 0.323. The van der Waals surface area contributed by atoms with Crippen molar-refractivity contribution in [1.29, 1.82) is 0 Å². The van der Waals surface area contributed by atoms with Gasteiger partial charge in [0.1, 0.15) is 12.1 Å². The summed E-state index contributed by atoms with van der Waals surface area (Å²) in [7, 11) is 0. The Morgan fingerprint density at radius 1 is 0.975 bits per heavy atom. The van der Waals surface area contributed by atoms with E-state index in [0.717, 1.165) is 27.8 Å². The van der Waals surface area contributed by atoms with Crippen molar-refractivity contribution in [1.82, 2.24) is 15.5 Å². The van der Waals surface area contributed by atoms with E-state index in [1.165, 1.54) is 6.92 Å². The van der Waals surface area contributed by atoms with E-state index in [-0.39, 0.29) is 25.5 Å². The summed E-state index contributed by atoms with van der Waals surface area (Å²) in [5, 5.41) is 24.7. The molecule has 4 N–H and O–H groups in total. The van der Waals surface area contributed by atoms with Gasteiger partial charge in [-0.3, -0.25) is 9.69 Å². The average Bonchev–Trinajstić information content (AvgIpc) is 3.50. The van der Waals surface area contributed by atoms with Crippen LogP contribution in [0.25, 0.3) is 11.1 Å². The van der Waals surface area contributed by atoms with Crippen LogP contribution in [0.4, 0.5) is 4.79 Å². The lowest BCUT2D eigenvalue weighted by molar-refractivity contribution is -0.145. The van der Waals surface area contributed by atoms with Gasteiger partial charge in [0.2, 0.25) is 5.91 Å². The molecule has 0 saturated carbocycles. The predicted molar refractivity (Wildman–Crippen MR) is 149 cm³/mol. The van der Waals surface area contributed by atoms with Crippen LogP contribution in [0.3, 0.4) is 0 Å². The smallest absolute Gasteiger partial charge is 0.408 e. The molecule has 1 aliphatic heterocycles. The molecule has 0 spiro atoms. The van der Waals surface area contributed by atoms with Crippen LogP contribution in [-0.2, 0) is 20.9 Å². The zero-order chi connectivity index (χ0) is 28.3. The number of likely N-dealkylation sites (tertiary alicyclic amines) is 1. The first kappa shape index (κ1) is 27.4. The number of carbonyl (C=O) groups excluding carboxylic acids is 2. The van der Waals surface area contributed by atoms with Gasteiger partial charge in [0, 0.05) is 25.6 Å². The number of nitrogens with zero attached hydrogens (tertiary/aromatic N) is 1. The van der Waals surface area contributed by atoms with Crippen molar-refractivity contribution in [2.24, 2.45) is 0 Å². The molecule has 1 fully saturated rings. The van der Waals surface area contributed by atoms with Crippen molar-refractivity contribution >= 4 is 18.0 Å². The number of ether oxygens (including phenoxy) is 1. The summed E-state index contributed by atoms with van der Waals surface area (Å²) in [4.78, 5) is 40.4. The molecule has 1 aliphatic carbocycles. The van der Waals surface area contributed by atoms with E-state index in [2.05, 4.69) is 22.8 Å². The Kier molecular flexibility index (Phi) is 7.86. The first-order chi connectivity index (χ1) is 19.3. The average molecular weight is 544 g/mol. The first-order valence-corrected chi connectivity index (χ1v) is 13.4. The van der Waals surface area contributed by atoms with Gasteiger partial charge in [0.25, 0.3) is 0 Å². The Bertz CT molecular complexity index is 1350. The lowest BCUT2D eigenvalue weighted by atomic mass is 9.96. The largest absolute Gasteiger partial charge is 0.480 e. The molecule has 40 heavy (non-hydrogen) atoms. The number of aliphatic carboxylic acids is 1. The molecule has 0 radical (unpaired) electrons. The second kappa shape index (κ2) is 11.5. The number of carboxylic acid groups (broad SMARTS) is 1. The van der Waals surface area contributed by atoms with Crippen molar-refractivity contribution in [3.63, 3.8) is 0 Å². The molecule has 5 rings (SSSR count). The molecule has 0 aromatic heterocycles. The molecular weight excluding hydrogens is 510 g/mol. The quantitative estimate of drug-likeness (QED) is 0.327. The van der Waals surface area contributed by atoms with Crippen molar-refractivity contribution in [2.45, 2.75) is 43.5 Å². The van der Waals surface area contributed by atoms with Crippen LogP contribution < -0.4 is 10.6 Å². The number of benzene rings is 3. The summed E-state index contributed by atoms with van der Waals surface area (Å²) in [6, 6.07) is 24.2. The minimum absolute atomic E-state index is 0.0801. The van der Waals surface area contributed by atoms with Gasteiger partial charge < -0.3 is 25.6 Å². The summed E-state index contributed by atoms with van der Waals surface area (Å²) in [6.07, 6.45) is -1.83. The summed E-state index contributed by atoms with van der Waals surface area (Å²) >= 11 is 0. The van der Waals surface area contributed by atoms with Crippen LogP contribution in [0, 0.1) is 0 Å². The molecule has 3 aromatic carbocycles. The molecule has 2 aliphatic rings. The van der Waals surface area contributed by atoms with Crippen LogP contribution in [0.15, 0.2) is 78.9 Å². The van der Waals surface area contributed by atoms with E-state index < -0.39 is 35.7 Å². The fourth-order valence-corrected chi connectivity index (χ4v) is 5.71. The highest BCUT2D eigenvalue weighted by molar-refractivity contribution is 5.93. The van der Waals surface area contributed by atoms with Crippen LogP contribution in [0.2, 0.25) is 0 Å². The first-order valence-electron chi connectivity index (χ1n) is 13.4.